The van der Waals surface area contributed by atoms with Gasteiger partial charge in [0, 0.05) is 0 Å². The van der Waals surface area contributed by atoms with Crippen LogP contribution in [0.25, 0.3) is 0 Å². The molecule has 0 spiro atoms. The molecule has 1 aromatic rings. The topological polar surface area (TPSA) is 37.3 Å². The predicted molar refractivity (Wildman–Crippen MR) is 53.8 cm³/mol. The summed E-state index contributed by atoms with van der Waals surface area (Å²) in [5.74, 6) is -0.251. The van der Waals surface area contributed by atoms with Crippen LogP contribution in [0, 0.1) is 5.92 Å². The summed E-state index contributed by atoms with van der Waals surface area (Å²) in [5, 5.41) is 9.51. The molecule has 1 aromatic carbocycles. The molecule has 1 N–H and O–H groups in total. The second-order valence-electron chi connectivity index (χ2n) is 3.55. The van der Waals surface area contributed by atoms with Gasteiger partial charge in [-0.1, -0.05) is 36.4 Å². The first-order valence-electron chi connectivity index (χ1n) is 4.71. The molecule has 0 bridgehead atoms. The van der Waals surface area contributed by atoms with E-state index in [1.165, 1.54) is 6.08 Å². The molecule has 0 radical (unpaired) electrons. The summed E-state index contributed by atoms with van der Waals surface area (Å²) in [4.78, 5) is 11.3. The number of hydrogen-bond donors (Lipinski definition) is 1. The van der Waals surface area contributed by atoms with Crippen LogP contribution in [0.3, 0.4) is 0 Å². The Labute approximate surface area is 82.9 Å². The maximum Gasteiger partial charge on any atom is 0.161 e. The first-order chi connectivity index (χ1) is 6.77. The van der Waals surface area contributed by atoms with Crippen LogP contribution in [0.1, 0.15) is 5.56 Å². The zero-order valence-electron chi connectivity index (χ0n) is 7.76. The van der Waals surface area contributed by atoms with Crippen molar-refractivity contribution in [1.82, 2.24) is 0 Å². The fourth-order valence-electron chi connectivity index (χ4n) is 1.71. The van der Waals surface area contributed by atoms with Crippen LogP contribution in [0.2, 0.25) is 0 Å². The molecule has 2 atom stereocenters. The van der Waals surface area contributed by atoms with Crippen LogP contribution in [-0.2, 0) is 11.2 Å². The summed E-state index contributed by atoms with van der Waals surface area (Å²) in [6.07, 6.45) is 3.05. The van der Waals surface area contributed by atoms with Crippen LogP contribution in [0.15, 0.2) is 42.5 Å². The van der Waals surface area contributed by atoms with Crippen molar-refractivity contribution in [3.63, 3.8) is 0 Å². The van der Waals surface area contributed by atoms with Crippen molar-refractivity contribution in [2.24, 2.45) is 5.92 Å². The van der Waals surface area contributed by atoms with E-state index in [4.69, 9.17) is 0 Å². The van der Waals surface area contributed by atoms with E-state index in [1.54, 1.807) is 6.08 Å². The molecule has 2 heteroatoms. The molecule has 0 fully saturated rings. The minimum atomic E-state index is -0.609. The molecule has 2 rings (SSSR count). The molecule has 0 saturated heterocycles. The van der Waals surface area contributed by atoms with Gasteiger partial charge < -0.3 is 5.11 Å². The summed E-state index contributed by atoms with van der Waals surface area (Å²) in [6.45, 7) is 0. The zero-order chi connectivity index (χ0) is 9.97. The maximum absolute atomic E-state index is 11.3. The Morgan fingerprint density at radius 2 is 1.93 bits per heavy atom. The van der Waals surface area contributed by atoms with E-state index in [1.807, 2.05) is 30.3 Å². The van der Waals surface area contributed by atoms with E-state index in [2.05, 4.69) is 0 Å². The monoisotopic (exact) mass is 188 g/mol. The number of allylic oxidation sites excluding steroid dienone is 1. The minimum Gasteiger partial charge on any atom is -0.388 e. The SMILES string of the molecule is O=C1C=CC(O)C1Cc1ccccc1. The Balaban J connectivity index is 2.09. The van der Waals surface area contributed by atoms with Gasteiger partial charge in [0.25, 0.3) is 0 Å². The van der Waals surface area contributed by atoms with Crippen LogP contribution < -0.4 is 0 Å². The molecule has 0 amide bonds. The van der Waals surface area contributed by atoms with E-state index in [0.29, 0.717) is 6.42 Å². The maximum atomic E-state index is 11.3. The van der Waals surface area contributed by atoms with E-state index >= 15 is 0 Å². The van der Waals surface area contributed by atoms with Gasteiger partial charge in [0.2, 0.25) is 0 Å². The average Bonchev–Trinajstić information content (AvgIpc) is 2.51. The lowest BCUT2D eigenvalue weighted by Gasteiger charge is -2.12. The Kier molecular flexibility index (Phi) is 2.46. The molecule has 0 saturated carbocycles. The van der Waals surface area contributed by atoms with E-state index in [0.717, 1.165) is 5.56 Å². The smallest absolute Gasteiger partial charge is 0.161 e. The second-order valence-corrected chi connectivity index (χ2v) is 3.55. The molecule has 14 heavy (non-hydrogen) atoms. The second kappa shape index (κ2) is 3.76. The zero-order valence-corrected chi connectivity index (χ0v) is 7.76. The fraction of sp³-hybridized carbons (Fsp3) is 0.250. The van der Waals surface area contributed by atoms with Gasteiger partial charge >= 0.3 is 0 Å². The molecule has 2 nitrogen and oxygen atoms in total. The number of aliphatic hydroxyl groups is 1. The van der Waals surface area contributed by atoms with Gasteiger partial charge in [0.05, 0.1) is 12.0 Å². The predicted octanol–water partition coefficient (Wildman–Crippen LogP) is 1.35. The van der Waals surface area contributed by atoms with E-state index in [9.17, 15) is 9.90 Å². The van der Waals surface area contributed by atoms with E-state index < -0.39 is 6.10 Å². The van der Waals surface area contributed by atoms with Crippen molar-refractivity contribution < 1.29 is 9.90 Å². The van der Waals surface area contributed by atoms with Crippen molar-refractivity contribution >= 4 is 5.78 Å². The third-order valence-electron chi connectivity index (χ3n) is 2.53. The van der Waals surface area contributed by atoms with Crippen molar-refractivity contribution in [1.29, 1.82) is 0 Å². The normalized spacial score (nSPS) is 25.6. The third kappa shape index (κ3) is 1.75. The van der Waals surface area contributed by atoms with Crippen LogP contribution in [0.4, 0.5) is 0 Å². The summed E-state index contributed by atoms with van der Waals surface area (Å²) in [7, 11) is 0. The first-order valence-corrected chi connectivity index (χ1v) is 4.71. The lowest BCUT2D eigenvalue weighted by molar-refractivity contribution is -0.119. The van der Waals surface area contributed by atoms with Gasteiger partial charge in [-0.05, 0) is 18.1 Å². The number of ketones is 1. The number of rotatable bonds is 2. The lowest BCUT2D eigenvalue weighted by atomic mass is 9.95. The van der Waals surface area contributed by atoms with E-state index in [-0.39, 0.29) is 11.7 Å². The van der Waals surface area contributed by atoms with Gasteiger partial charge in [-0.3, -0.25) is 4.79 Å². The summed E-state index contributed by atoms with van der Waals surface area (Å²) < 4.78 is 0. The molecule has 0 aliphatic heterocycles. The summed E-state index contributed by atoms with van der Waals surface area (Å²) >= 11 is 0. The van der Waals surface area contributed by atoms with Gasteiger partial charge in [-0.15, -0.1) is 0 Å². The molecule has 0 heterocycles. The van der Waals surface area contributed by atoms with Gasteiger partial charge in [-0.25, -0.2) is 0 Å². The van der Waals surface area contributed by atoms with Crippen molar-refractivity contribution in [2.45, 2.75) is 12.5 Å². The number of hydrogen-bond acceptors (Lipinski definition) is 2. The highest BCUT2D eigenvalue weighted by Crippen LogP contribution is 2.20. The highest BCUT2D eigenvalue weighted by molar-refractivity contribution is 5.95. The Morgan fingerprint density at radius 3 is 2.50 bits per heavy atom. The molecule has 1 aliphatic carbocycles. The standard InChI is InChI=1S/C12H12O2/c13-11-6-7-12(14)10(11)8-9-4-2-1-3-5-9/h1-7,10-11,13H,8H2. The first kappa shape index (κ1) is 9.16. The largest absolute Gasteiger partial charge is 0.388 e. The molecule has 0 aromatic heterocycles. The Morgan fingerprint density at radius 1 is 1.21 bits per heavy atom. The van der Waals surface area contributed by atoms with Crippen LogP contribution in [-0.4, -0.2) is 17.0 Å². The molecule has 2 unspecified atom stereocenters. The highest BCUT2D eigenvalue weighted by Gasteiger charge is 2.28. The quantitative estimate of drug-likeness (QED) is 0.760. The van der Waals surface area contributed by atoms with Crippen LogP contribution >= 0.6 is 0 Å². The molecule has 72 valence electrons. The lowest BCUT2D eigenvalue weighted by Crippen LogP contribution is -2.22. The van der Waals surface area contributed by atoms with Crippen molar-refractivity contribution in [3.05, 3.63) is 48.0 Å². The number of carbonyl (C=O) groups excluding carboxylic acids is 1. The minimum absolute atomic E-state index is 0.0290. The number of benzene rings is 1. The average molecular weight is 188 g/mol. The molecular formula is C12H12O2. The van der Waals surface area contributed by atoms with Gasteiger partial charge in [-0.2, -0.15) is 0 Å². The molecular weight excluding hydrogens is 176 g/mol. The summed E-state index contributed by atoms with van der Waals surface area (Å²) in [6, 6.07) is 9.76. The summed E-state index contributed by atoms with van der Waals surface area (Å²) in [5.41, 5.74) is 1.09. The van der Waals surface area contributed by atoms with Crippen LogP contribution in [0.5, 0.6) is 0 Å². The van der Waals surface area contributed by atoms with Crippen molar-refractivity contribution in [3.8, 4) is 0 Å². The fourth-order valence-corrected chi connectivity index (χ4v) is 1.71. The van der Waals surface area contributed by atoms with Gasteiger partial charge in [0.1, 0.15) is 0 Å². The number of aliphatic hydroxyl groups excluding tert-OH is 1. The third-order valence-corrected chi connectivity index (χ3v) is 2.53. The molecule has 1 aliphatic rings. The Hall–Kier alpha value is -1.41. The van der Waals surface area contributed by atoms with Crippen molar-refractivity contribution in [2.75, 3.05) is 0 Å². The van der Waals surface area contributed by atoms with Gasteiger partial charge in [0.15, 0.2) is 5.78 Å². The Bertz CT molecular complexity index is 354. The number of carbonyl (C=O) groups is 1. The highest BCUT2D eigenvalue weighted by atomic mass is 16.3.